The van der Waals surface area contributed by atoms with Crippen LogP contribution in [-0.4, -0.2) is 33.5 Å². The number of methoxy groups -OCH3 is 1. The maximum atomic E-state index is 5.72. The summed E-state index contributed by atoms with van der Waals surface area (Å²) in [5, 5.41) is 0. The number of rotatable bonds is 9. The van der Waals surface area contributed by atoms with Gasteiger partial charge in [-0.25, -0.2) is 0 Å². The highest BCUT2D eigenvalue weighted by Crippen LogP contribution is 2.18. The Morgan fingerprint density at radius 1 is 1.00 bits per heavy atom. The normalized spacial score (nSPS) is 10.5. The minimum absolute atomic E-state index is 0.652. The zero-order chi connectivity index (χ0) is 12.3. The highest BCUT2D eigenvalue weighted by molar-refractivity contribution is 5.33. The van der Waals surface area contributed by atoms with Crippen LogP contribution in [0.25, 0.3) is 0 Å². The topological polar surface area (TPSA) is 27.7 Å². The molecule has 0 heterocycles. The van der Waals surface area contributed by atoms with Gasteiger partial charge in [0.05, 0.1) is 19.8 Å². The molecule has 0 aliphatic rings. The molecule has 0 aliphatic carbocycles. The summed E-state index contributed by atoms with van der Waals surface area (Å²) in [4.78, 5) is 0. The predicted molar refractivity (Wildman–Crippen MR) is 68.6 cm³/mol. The summed E-state index contributed by atoms with van der Waals surface area (Å²) in [5.74, 6) is 0.992. The van der Waals surface area contributed by atoms with Crippen molar-refractivity contribution in [3.8, 4) is 5.75 Å². The predicted octanol–water partition coefficient (Wildman–Crippen LogP) is 2.68. The van der Waals surface area contributed by atoms with Crippen molar-refractivity contribution >= 4 is 0 Å². The van der Waals surface area contributed by atoms with E-state index in [0.29, 0.717) is 19.8 Å². The summed E-state index contributed by atoms with van der Waals surface area (Å²) in [6.07, 6.45) is 1.91. The third-order valence-electron chi connectivity index (χ3n) is 2.48. The van der Waals surface area contributed by atoms with Gasteiger partial charge in [0, 0.05) is 20.1 Å². The van der Waals surface area contributed by atoms with Crippen molar-refractivity contribution in [1.82, 2.24) is 0 Å². The van der Waals surface area contributed by atoms with Gasteiger partial charge in [-0.2, -0.15) is 0 Å². The first-order chi connectivity index (χ1) is 8.38. The average molecular weight is 238 g/mol. The second-order valence-corrected chi connectivity index (χ2v) is 3.77. The second-order valence-electron chi connectivity index (χ2n) is 3.77. The first-order valence-corrected chi connectivity index (χ1v) is 6.16. The molecule has 1 aromatic rings. The first kappa shape index (κ1) is 14.0. The van der Waals surface area contributed by atoms with Gasteiger partial charge in [-0.15, -0.1) is 0 Å². The van der Waals surface area contributed by atoms with E-state index < -0.39 is 0 Å². The van der Waals surface area contributed by atoms with E-state index in [1.807, 2.05) is 18.2 Å². The Morgan fingerprint density at radius 3 is 2.59 bits per heavy atom. The zero-order valence-electron chi connectivity index (χ0n) is 10.8. The lowest BCUT2D eigenvalue weighted by Crippen LogP contribution is -2.07. The lowest BCUT2D eigenvalue weighted by atomic mass is 10.1. The van der Waals surface area contributed by atoms with Gasteiger partial charge in [-0.1, -0.05) is 25.1 Å². The quantitative estimate of drug-likeness (QED) is 0.619. The van der Waals surface area contributed by atoms with Gasteiger partial charge in [0.25, 0.3) is 0 Å². The lowest BCUT2D eigenvalue weighted by Gasteiger charge is -2.10. The number of aryl methyl sites for hydroxylation is 1. The molecule has 0 fully saturated rings. The van der Waals surface area contributed by atoms with Crippen molar-refractivity contribution in [3.05, 3.63) is 29.8 Å². The van der Waals surface area contributed by atoms with Gasteiger partial charge in [-0.3, -0.25) is 0 Å². The number of hydrogen-bond acceptors (Lipinski definition) is 3. The third kappa shape index (κ3) is 5.71. The fourth-order valence-electron chi connectivity index (χ4n) is 1.52. The van der Waals surface area contributed by atoms with Gasteiger partial charge in [0.1, 0.15) is 5.75 Å². The number of ether oxygens (including phenoxy) is 3. The van der Waals surface area contributed by atoms with Crippen molar-refractivity contribution in [2.24, 2.45) is 0 Å². The summed E-state index contributed by atoms with van der Waals surface area (Å²) in [5.41, 5.74) is 1.26. The number of para-hydroxylation sites is 1. The van der Waals surface area contributed by atoms with Gasteiger partial charge >= 0.3 is 0 Å². The van der Waals surface area contributed by atoms with Crippen LogP contribution in [0.4, 0.5) is 0 Å². The summed E-state index contributed by atoms with van der Waals surface area (Å²) < 4.78 is 16.0. The molecule has 96 valence electrons. The first-order valence-electron chi connectivity index (χ1n) is 6.16. The summed E-state index contributed by atoms with van der Waals surface area (Å²) in [7, 11) is 1.67. The Balaban J connectivity index is 2.13. The van der Waals surface area contributed by atoms with Crippen molar-refractivity contribution in [1.29, 1.82) is 0 Å². The number of benzene rings is 1. The monoisotopic (exact) mass is 238 g/mol. The van der Waals surface area contributed by atoms with E-state index in [-0.39, 0.29) is 0 Å². The Morgan fingerprint density at radius 2 is 1.82 bits per heavy atom. The molecule has 0 atom stereocenters. The summed E-state index contributed by atoms with van der Waals surface area (Å²) >= 11 is 0. The van der Waals surface area contributed by atoms with Crippen LogP contribution >= 0.6 is 0 Å². The molecule has 0 bridgehead atoms. The molecule has 1 rings (SSSR count). The summed E-state index contributed by atoms with van der Waals surface area (Å²) in [6, 6.07) is 8.16. The van der Waals surface area contributed by atoms with Crippen LogP contribution in [0.1, 0.15) is 18.9 Å². The van der Waals surface area contributed by atoms with Crippen molar-refractivity contribution < 1.29 is 14.2 Å². The zero-order valence-corrected chi connectivity index (χ0v) is 10.8. The minimum Gasteiger partial charge on any atom is -0.493 e. The molecule has 0 saturated carbocycles. The Labute approximate surface area is 104 Å². The second kappa shape index (κ2) is 9.02. The molecule has 0 amide bonds. The van der Waals surface area contributed by atoms with Crippen LogP contribution < -0.4 is 4.74 Å². The van der Waals surface area contributed by atoms with Crippen LogP contribution in [-0.2, 0) is 15.9 Å². The largest absolute Gasteiger partial charge is 0.493 e. The van der Waals surface area contributed by atoms with Crippen LogP contribution in [0.2, 0.25) is 0 Å². The maximum Gasteiger partial charge on any atom is 0.122 e. The van der Waals surface area contributed by atoms with Gasteiger partial charge in [-0.05, 0) is 18.1 Å². The fourth-order valence-corrected chi connectivity index (χ4v) is 1.52. The molecule has 0 radical (unpaired) electrons. The van der Waals surface area contributed by atoms with Gasteiger partial charge < -0.3 is 14.2 Å². The van der Waals surface area contributed by atoms with Gasteiger partial charge in [0.2, 0.25) is 0 Å². The van der Waals surface area contributed by atoms with E-state index in [4.69, 9.17) is 14.2 Å². The molecular formula is C14H22O3. The van der Waals surface area contributed by atoms with Crippen molar-refractivity contribution in [2.45, 2.75) is 19.8 Å². The Bertz CT molecular complexity index is 299. The van der Waals surface area contributed by atoms with Crippen LogP contribution in [0.15, 0.2) is 24.3 Å². The van der Waals surface area contributed by atoms with Gasteiger partial charge in [0.15, 0.2) is 0 Å². The van der Waals surface area contributed by atoms with Crippen molar-refractivity contribution in [2.75, 3.05) is 33.5 Å². The molecule has 0 spiro atoms. The fraction of sp³-hybridized carbons (Fsp3) is 0.571. The number of hydrogen-bond donors (Lipinski definition) is 0. The lowest BCUT2D eigenvalue weighted by molar-refractivity contribution is 0.0644. The molecule has 0 N–H and O–H groups in total. The van der Waals surface area contributed by atoms with Crippen LogP contribution in [0, 0.1) is 0 Å². The molecule has 0 aromatic heterocycles. The van der Waals surface area contributed by atoms with Crippen LogP contribution in [0.3, 0.4) is 0 Å². The molecule has 0 saturated heterocycles. The molecule has 3 nitrogen and oxygen atoms in total. The highest BCUT2D eigenvalue weighted by Gasteiger charge is 1.99. The maximum absolute atomic E-state index is 5.72. The Hall–Kier alpha value is -1.06. The van der Waals surface area contributed by atoms with E-state index >= 15 is 0 Å². The standard InChI is InChI=1S/C14H22O3/c1-3-13-7-4-5-8-14(13)17-10-6-9-16-12-11-15-2/h4-5,7-8H,3,6,9-12H2,1-2H3. The molecule has 3 heteroatoms. The Kier molecular flexibility index (Phi) is 7.43. The van der Waals surface area contributed by atoms with E-state index in [9.17, 15) is 0 Å². The third-order valence-corrected chi connectivity index (χ3v) is 2.48. The molecule has 0 aliphatic heterocycles. The average Bonchev–Trinajstić information content (AvgIpc) is 2.38. The van der Waals surface area contributed by atoms with Crippen molar-refractivity contribution in [3.63, 3.8) is 0 Å². The molecular weight excluding hydrogens is 216 g/mol. The highest BCUT2D eigenvalue weighted by atomic mass is 16.5. The SMILES string of the molecule is CCc1ccccc1OCCCOCCOC. The summed E-state index contributed by atoms with van der Waals surface area (Å²) in [6.45, 7) is 4.86. The molecule has 1 aromatic carbocycles. The van der Waals surface area contributed by atoms with E-state index in [2.05, 4.69) is 13.0 Å². The molecule has 17 heavy (non-hydrogen) atoms. The van der Waals surface area contributed by atoms with E-state index in [1.54, 1.807) is 7.11 Å². The minimum atomic E-state index is 0.652. The molecule has 0 unspecified atom stereocenters. The van der Waals surface area contributed by atoms with Crippen LogP contribution in [0.5, 0.6) is 5.75 Å². The van der Waals surface area contributed by atoms with E-state index in [0.717, 1.165) is 25.2 Å². The smallest absolute Gasteiger partial charge is 0.122 e. The van der Waals surface area contributed by atoms with E-state index in [1.165, 1.54) is 5.56 Å².